The van der Waals surface area contributed by atoms with E-state index in [1.54, 1.807) is 30.4 Å². The first-order valence-corrected chi connectivity index (χ1v) is 6.49. The number of phenolic OH excluding ortho intramolecular Hbond substituents is 2. The van der Waals surface area contributed by atoms with Crippen molar-refractivity contribution in [3.05, 3.63) is 85.6 Å². The van der Waals surface area contributed by atoms with Crippen LogP contribution in [0.25, 0.3) is 0 Å². The van der Waals surface area contributed by atoms with Crippen molar-refractivity contribution in [1.82, 2.24) is 0 Å². The predicted octanol–water partition coefficient (Wildman–Crippen LogP) is 4.49. The third kappa shape index (κ3) is 3.34. The lowest BCUT2D eigenvalue weighted by molar-refractivity contribution is 0.451. The number of para-hydroxylation sites is 1. The maximum absolute atomic E-state index is 9.72. The van der Waals surface area contributed by atoms with E-state index in [-0.39, 0.29) is 11.5 Å². The van der Waals surface area contributed by atoms with Gasteiger partial charge in [0.15, 0.2) is 0 Å². The standard InChI is InChI=1S/C18H17NO2/c1-3-8-14(4-2)19(15-9-6-5-7-10-15)16-11-17(20)13-18(21)12-16/h3-13,20-21H,1-2H2/b14-8+. The van der Waals surface area contributed by atoms with Gasteiger partial charge in [0.2, 0.25) is 0 Å². The summed E-state index contributed by atoms with van der Waals surface area (Å²) in [7, 11) is 0. The van der Waals surface area contributed by atoms with Gasteiger partial charge in [0, 0.05) is 29.6 Å². The first-order valence-electron chi connectivity index (χ1n) is 6.49. The van der Waals surface area contributed by atoms with Gasteiger partial charge in [0.05, 0.1) is 5.69 Å². The summed E-state index contributed by atoms with van der Waals surface area (Å²) in [6.45, 7) is 7.52. The summed E-state index contributed by atoms with van der Waals surface area (Å²) >= 11 is 0. The third-order valence-electron chi connectivity index (χ3n) is 2.92. The first kappa shape index (κ1) is 14.5. The van der Waals surface area contributed by atoms with E-state index in [1.807, 2.05) is 35.2 Å². The molecule has 0 unspecified atom stereocenters. The molecule has 0 aliphatic heterocycles. The van der Waals surface area contributed by atoms with Crippen LogP contribution in [-0.2, 0) is 0 Å². The lowest BCUT2D eigenvalue weighted by Gasteiger charge is -2.26. The van der Waals surface area contributed by atoms with E-state index < -0.39 is 0 Å². The fourth-order valence-corrected chi connectivity index (χ4v) is 2.09. The van der Waals surface area contributed by atoms with Gasteiger partial charge in [-0.1, -0.05) is 37.4 Å². The molecule has 0 aliphatic carbocycles. The summed E-state index contributed by atoms with van der Waals surface area (Å²) in [6.07, 6.45) is 5.16. The van der Waals surface area contributed by atoms with Gasteiger partial charge < -0.3 is 15.1 Å². The SMILES string of the molecule is C=C/C=C(\C=C)N(c1ccccc1)c1cc(O)cc(O)c1. The van der Waals surface area contributed by atoms with E-state index in [0.29, 0.717) is 5.69 Å². The Kier molecular flexibility index (Phi) is 4.46. The van der Waals surface area contributed by atoms with Gasteiger partial charge in [-0.25, -0.2) is 0 Å². The monoisotopic (exact) mass is 279 g/mol. The largest absolute Gasteiger partial charge is 0.508 e. The Bertz CT molecular complexity index is 655. The van der Waals surface area contributed by atoms with Crippen LogP contribution in [0.15, 0.2) is 85.6 Å². The van der Waals surface area contributed by atoms with E-state index in [4.69, 9.17) is 0 Å². The van der Waals surface area contributed by atoms with E-state index in [9.17, 15) is 10.2 Å². The highest BCUT2D eigenvalue weighted by Crippen LogP contribution is 2.34. The van der Waals surface area contributed by atoms with Crippen molar-refractivity contribution < 1.29 is 10.2 Å². The molecule has 3 heteroatoms. The van der Waals surface area contributed by atoms with Crippen molar-refractivity contribution in [2.24, 2.45) is 0 Å². The zero-order chi connectivity index (χ0) is 15.2. The van der Waals surface area contributed by atoms with Crippen LogP contribution in [-0.4, -0.2) is 10.2 Å². The summed E-state index contributed by atoms with van der Waals surface area (Å²) in [5.41, 5.74) is 2.29. The lowest BCUT2D eigenvalue weighted by atomic mass is 10.2. The van der Waals surface area contributed by atoms with Crippen molar-refractivity contribution in [2.75, 3.05) is 4.90 Å². The Morgan fingerprint density at radius 1 is 0.905 bits per heavy atom. The van der Waals surface area contributed by atoms with Crippen molar-refractivity contribution >= 4 is 11.4 Å². The second-order valence-electron chi connectivity index (χ2n) is 4.41. The Labute approximate surface area is 124 Å². The number of phenols is 2. The molecule has 2 rings (SSSR count). The minimum atomic E-state index is -0.00653. The van der Waals surface area contributed by atoms with E-state index in [0.717, 1.165) is 11.4 Å². The summed E-state index contributed by atoms with van der Waals surface area (Å²) < 4.78 is 0. The smallest absolute Gasteiger partial charge is 0.121 e. The molecule has 0 heterocycles. The van der Waals surface area contributed by atoms with Crippen molar-refractivity contribution in [2.45, 2.75) is 0 Å². The maximum atomic E-state index is 9.72. The fourth-order valence-electron chi connectivity index (χ4n) is 2.09. The second kappa shape index (κ2) is 6.48. The Hall–Kier alpha value is -2.94. The van der Waals surface area contributed by atoms with Crippen LogP contribution in [0.2, 0.25) is 0 Å². The molecule has 0 spiro atoms. The number of anilines is 2. The van der Waals surface area contributed by atoms with Gasteiger partial charge in [-0.15, -0.1) is 0 Å². The highest BCUT2D eigenvalue weighted by atomic mass is 16.3. The number of aromatic hydroxyl groups is 2. The van der Waals surface area contributed by atoms with Gasteiger partial charge in [0.1, 0.15) is 11.5 Å². The molecule has 0 radical (unpaired) electrons. The maximum Gasteiger partial charge on any atom is 0.121 e. The molecule has 0 aliphatic rings. The molecule has 3 nitrogen and oxygen atoms in total. The molecule has 0 atom stereocenters. The molecule has 106 valence electrons. The molecule has 2 N–H and O–H groups in total. The van der Waals surface area contributed by atoms with Crippen LogP contribution >= 0.6 is 0 Å². The second-order valence-corrected chi connectivity index (χ2v) is 4.41. The normalized spacial score (nSPS) is 11.0. The Morgan fingerprint density at radius 3 is 2.05 bits per heavy atom. The molecule has 0 saturated heterocycles. The average molecular weight is 279 g/mol. The molecule has 0 bridgehead atoms. The minimum absolute atomic E-state index is 0.00653. The summed E-state index contributed by atoms with van der Waals surface area (Å²) in [5, 5.41) is 19.4. The van der Waals surface area contributed by atoms with E-state index >= 15 is 0 Å². The average Bonchev–Trinajstić information content (AvgIpc) is 2.47. The van der Waals surface area contributed by atoms with Crippen molar-refractivity contribution in [3.8, 4) is 11.5 Å². The molecule has 0 fully saturated rings. The molecule has 2 aromatic carbocycles. The van der Waals surface area contributed by atoms with Crippen LogP contribution in [0.3, 0.4) is 0 Å². The summed E-state index contributed by atoms with van der Waals surface area (Å²) in [6, 6.07) is 14.1. The summed E-state index contributed by atoms with van der Waals surface area (Å²) in [5.74, 6) is -0.0131. The number of benzene rings is 2. The summed E-state index contributed by atoms with van der Waals surface area (Å²) in [4.78, 5) is 1.87. The van der Waals surface area contributed by atoms with E-state index in [1.165, 1.54) is 6.07 Å². The predicted molar refractivity (Wildman–Crippen MR) is 86.8 cm³/mol. The number of allylic oxidation sites excluding steroid dienone is 3. The highest BCUT2D eigenvalue weighted by Gasteiger charge is 2.13. The Balaban J connectivity index is 2.63. The molecule has 21 heavy (non-hydrogen) atoms. The van der Waals surface area contributed by atoms with E-state index in [2.05, 4.69) is 13.2 Å². The molecule has 0 aromatic heterocycles. The fraction of sp³-hybridized carbons (Fsp3) is 0. The molecular formula is C18H17NO2. The number of rotatable bonds is 5. The Morgan fingerprint density at radius 2 is 1.52 bits per heavy atom. The van der Waals surface area contributed by atoms with Gasteiger partial charge in [-0.2, -0.15) is 0 Å². The highest BCUT2D eigenvalue weighted by molar-refractivity contribution is 5.72. The zero-order valence-electron chi connectivity index (χ0n) is 11.6. The van der Waals surface area contributed by atoms with Crippen molar-refractivity contribution in [3.63, 3.8) is 0 Å². The molecule has 0 saturated carbocycles. The van der Waals surface area contributed by atoms with Crippen LogP contribution in [0, 0.1) is 0 Å². The van der Waals surface area contributed by atoms with Crippen LogP contribution in [0.5, 0.6) is 11.5 Å². The quantitative estimate of drug-likeness (QED) is 0.792. The number of hydrogen-bond donors (Lipinski definition) is 2. The first-order chi connectivity index (χ1) is 10.2. The zero-order valence-corrected chi connectivity index (χ0v) is 11.6. The molecule has 0 amide bonds. The number of nitrogens with zero attached hydrogens (tertiary/aromatic N) is 1. The van der Waals surface area contributed by atoms with Gasteiger partial charge in [-0.05, 0) is 24.3 Å². The van der Waals surface area contributed by atoms with Gasteiger partial charge >= 0.3 is 0 Å². The van der Waals surface area contributed by atoms with Crippen molar-refractivity contribution in [1.29, 1.82) is 0 Å². The van der Waals surface area contributed by atoms with Gasteiger partial charge in [-0.3, -0.25) is 0 Å². The lowest BCUT2D eigenvalue weighted by Crippen LogP contribution is -2.14. The number of hydrogen-bond acceptors (Lipinski definition) is 3. The molecule has 2 aromatic rings. The van der Waals surface area contributed by atoms with Crippen LogP contribution in [0.4, 0.5) is 11.4 Å². The van der Waals surface area contributed by atoms with Crippen LogP contribution in [0.1, 0.15) is 0 Å². The minimum Gasteiger partial charge on any atom is -0.508 e. The molecular weight excluding hydrogens is 262 g/mol. The van der Waals surface area contributed by atoms with Crippen LogP contribution < -0.4 is 4.90 Å². The third-order valence-corrected chi connectivity index (χ3v) is 2.92. The topological polar surface area (TPSA) is 43.7 Å². The van der Waals surface area contributed by atoms with Gasteiger partial charge in [0.25, 0.3) is 0 Å².